The summed E-state index contributed by atoms with van der Waals surface area (Å²) in [5.41, 5.74) is 1.45. The second-order valence-electron chi connectivity index (χ2n) is 10.9. The molecule has 1 aliphatic heterocycles. The number of carbonyl (C=O) groups excluding carboxylic acids is 4. The Bertz CT molecular complexity index is 1880. The molecule has 0 aliphatic carbocycles. The number of carbonyl (C=O) groups is 5. The third-order valence-electron chi connectivity index (χ3n) is 7.52. The molecule has 2 atom stereocenters. The summed E-state index contributed by atoms with van der Waals surface area (Å²) in [4.78, 5) is 65.6. The molecule has 5 rings (SSSR count). The number of aromatic carboxylic acids is 1. The van der Waals surface area contributed by atoms with Crippen LogP contribution in [0.25, 0.3) is 5.69 Å². The molecule has 4 N–H and O–H groups in total. The lowest BCUT2D eigenvalue weighted by molar-refractivity contribution is -0.137. The van der Waals surface area contributed by atoms with Crippen LogP contribution in [0, 0.1) is 0 Å². The largest absolute Gasteiger partial charge is 0.478 e. The SMILES string of the molecule is O=C(Nc1cc(Cl)ccc1-n1cnnn1)C(=O)NC(Cc1ccc(N2CCN(C(F)C(F)F)CC2=O)cc1)C(=O)Nc1ccc(C(=O)O)cc1. The normalized spacial score (nSPS) is 14.6. The number of nitrogens with one attached hydrogen (secondary N) is 3. The maximum absolute atomic E-state index is 13.8. The third-order valence-corrected chi connectivity index (χ3v) is 7.76. The van der Waals surface area contributed by atoms with Gasteiger partial charge < -0.3 is 26.0 Å². The van der Waals surface area contributed by atoms with Gasteiger partial charge in [0, 0.05) is 35.9 Å². The summed E-state index contributed by atoms with van der Waals surface area (Å²) in [5.74, 6) is -4.85. The number of rotatable bonds is 11. The molecule has 0 bridgehead atoms. The summed E-state index contributed by atoms with van der Waals surface area (Å²) < 4.78 is 40.6. The first-order valence-corrected chi connectivity index (χ1v) is 15.1. The Morgan fingerprint density at radius 1 is 0.920 bits per heavy atom. The van der Waals surface area contributed by atoms with Crippen molar-refractivity contribution < 1.29 is 42.3 Å². The molecule has 4 aromatic rings. The molecule has 2 unspecified atom stereocenters. The van der Waals surface area contributed by atoms with Crippen LogP contribution < -0.4 is 20.9 Å². The smallest absolute Gasteiger partial charge is 0.335 e. The van der Waals surface area contributed by atoms with E-state index in [0.29, 0.717) is 11.3 Å². The van der Waals surface area contributed by atoms with Crippen molar-refractivity contribution in [1.29, 1.82) is 0 Å². The second kappa shape index (κ2) is 15.6. The number of piperazine rings is 1. The van der Waals surface area contributed by atoms with Crippen molar-refractivity contribution in [2.24, 2.45) is 0 Å². The number of nitrogens with zero attached hydrogens (tertiary/aromatic N) is 6. The molecule has 1 aliphatic rings. The van der Waals surface area contributed by atoms with Crippen LogP contribution in [-0.2, 0) is 25.6 Å². The number of alkyl halides is 3. The molecule has 15 nitrogen and oxygen atoms in total. The Morgan fingerprint density at radius 3 is 2.26 bits per heavy atom. The number of anilines is 3. The van der Waals surface area contributed by atoms with Crippen LogP contribution in [0.1, 0.15) is 15.9 Å². The van der Waals surface area contributed by atoms with E-state index >= 15 is 0 Å². The van der Waals surface area contributed by atoms with Gasteiger partial charge in [-0.2, -0.15) is 4.68 Å². The lowest BCUT2D eigenvalue weighted by atomic mass is 10.0. The second-order valence-corrected chi connectivity index (χ2v) is 11.3. The molecule has 50 heavy (non-hydrogen) atoms. The molecule has 0 saturated carbocycles. The zero-order valence-corrected chi connectivity index (χ0v) is 26.4. The molecule has 4 amide bonds. The van der Waals surface area contributed by atoms with E-state index in [-0.39, 0.29) is 47.2 Å². The van der Waals surface area contributed by atoms with E-state index in [1.807, 2.05) is 0 Å². The molecule has 260 valence electrons. The Labute approximate surface area is 286 Å². The molecule has 1 fully saturated rings. The quantitative estimate of drug-likeness (QED) is 0.133. The van der Waals surface area contributed by atoms with E-state index in [1.165, 1.54) is 70.5 Å². The highest BCUT2D eigenvalue weighted by Crippen LogP contribution is 2.24. The number of hydrogen-bond donors (Lipinski definition) is 4. The van der Waals surface area contributed by atoms with Gasteiger partial charge in [0.2, 0.25) is 18.1 Å². The highest BCUT2D eigenvalue weighted by atomic mass is 35.5. The van der Waals surface area contributed by atoms with Gasteiger partial charge in [0.15, 0.2) is 0 Å². The number of hydrogen-bond acceptors (Lipinski definition) is 9. The highest BCUT2D eigenvalue weighted by Gasteiger charge is 2.34. The summed E-state index contributed by atoms with van der Waals surface area (Å²) >= 11 is 6.10. The van der Waals surface area contributed by atoms with E-state index in [0.717, 1.165) is 4.90 Å². The predicted octanol–water partition coefficient (Wildman–Crippen LogP) is 2.53. The van der Waals surface area contributed by atoms with Gasteiger partial charge in [-0.1, -0.05) is 23.7 Å². The lowest BCUT2D eigenvalue weighted by Crippen LogP contribution is -2.54. The maximum Gasteiger partial charge on any atom is 0.335 e. The van der Waals surface area contributed by atoms with Crippen LogP contribution in [0.2, 0.25) is 5.02 Å². The van der Waals surface area contributed by atoms with Crippen LogP contribution in [0.3, 0.4) is 0 Å². The summed E-state index contributed by atoms with van der Waals surface area (Å²) in [6, 6.07) is 14.5. The van der Waals surface area contributed by atoms with Crippen molar-refractivity contribution >= 4 is 58.3 Å². The minimum Gasteiger partial charge on any atom is -0.478 e. The zero-order chi connectivity index (χ0) is 35.9. The standard InChI is InChI=1S/C31H27ClF3N9O6/c32-19-5-10-24(44-16-36-40-41-44)22(14-19)38-29(47)30(48)39-23(28(46)37-20-6-3-18(4-7-20)31(49)50)13-17-1-8-21(9-2-17)43-12-11-42(15-25(43)45)27(35)26(33)34/h1-10,14,16,23,26-27H,11-13,15H2,(H,37,46)(H,38,47)(H,39,48)(H,49,50). The first-order chi connectivity index (χ1) is 23.9. The molecule has 3 aromatic carbocycles. The van der Waals surface area contributed by atoms with Gasteiger partial charge in [-0.3, -0.25) is 24.1 Å². The number of carboxylic acid groups (broad SMARTS) is 1. The highest BCUT2D eigenvalue weighted by molar-refractivity contribution is 6.40. The van der Waals surface area contributed by atoms with Gasteiger partial charge in [-0.05, 0) is 70.6 Å². The average molecular weight is 714 g/mol. The lowest BCUT2D eigenvalue weighted by Gasteiger charge is -2.35. The Hall–Kier alpha value is -5.88. The molecular formula is C31H27ClF3N9O6. The minimum atomic E-state index is -3.25. The van der Waals surface area contributed by atoms with Gasteiger partial charge in [-0.25, -0.2) is 18.0 Å². The predicted molar refractivity (Wildman–Crippen MR) is 172 cm³/mol. The monoisotopic (exact) mass is 713 g/mol. The summed E-state index contributed by atoms with van der Waals surface area (Å²) in [6.45, 7) is -0.692. The minimum absolute atomic E-state index is 0.0231. The number of carboxylic acids is 1. The van der Waals surface area contributed by atoms with Crippen molar-refractivity contribution in [3.8, 4) is 5.69 Å². The van der Waals surface area contributed by atoms with E-state index in [1.54, 1.807) is 12.1 Å². The first kappa shape index (κ1) is 35.4. The Morgan fingerprint density at radius 2 is 1.64 bits per heavy atom. The van der Waals surface area contributed by atoms with Crippen molar-refractivity contribution in [1.82, 2.24) is 30.4 Å². The molecular weight excluding hydrogens is 687 g/mol. The molecule has 0 radical (unpaired) electrons. The van der Waals surface area contributed by atoms with Crippen LogP contribution in [0.5, 0.6) is 0 Å². The van der Waals surface area contributed by atoms with Gasteiger partial charge in [-0.15, -0.1) is 5.10 Å². The van der Waals surface area contributed by atoms with Crippen LogP contribution >= 0.6 is 11.6 Å². The molecule has 2 heterocycles. The van der Waals surface area contributed by atoms with E-state index < -0.39 is 54.9 Å². The van der Waals surface area contributed by atoms with Crippen molar-refractivity contribution in [2.75, 3.05) is 35.2 Å². The number of amides is 4. The van der Waals surface area contributed by atoms with E-state index in [4.69, 9.17) is 16.7 Å². The van der Waals surface area contributed by atoms with Gasteiger partial charge in [0.25, 0.3) is 6.43 Å². The van der Waals surface area contributed by atoms with E-state index in [9.17, 15) is 37.1 Å². The first-order valence-electron chi connectivity index (χ1n) is 14.7. The van der Waals surface area contributed by atoms with Gasteiger partial charge in [0.1, 0.15) is 12.4 Å². The van der Waals surface area contributed by atoms with Crippen molar-refractivity contribution in [3.05, 3.63) is 89.2 Å². The van der Waals surface area contributed by atoms with Crippen LogP contribution in [-0.4, -0.2) is 98.2 Å². The zero-order valence-electron chi connectivity index (χ0n) is 25.7. The maximum atomic E-state index is 13.8. The fourth-order valence-corrected chi connectivity index (χ4v) is 5.17. The fourth-order valence-electron chi connectivity index (χ4n) is 5.00. The molecule has 19 heteroatoms. The number of aromatic nitrogens is 4. The van der Waals surface area contributed by atoms with Crippen molar-refractivity contribution in [3.63, 3.8) is 0 Å². The van der Waals surface area contributed by atoms with E-state index in [2.05, 4.69) is 31.5 Å². The summed E-state index contributed by atoms with van der Waals surface area (Å²) in [7, 11) is 0. The summed E-state index contributed by atoms with van der Waals surface area (Å²) in [5, 5.41) is 27.7. The van der Waals surface area contributed by atoms with Crippen LogP contribution in [0.15, 0.2) is 73.1 Å². The molecule has 1 saturated heterocycles. The molecule has 1 aromatic heterocycles. The number of benzene rings is 3. The Kier molecular flexibility index (Phi) is 11.0. The molecule has 0 spiro atoms. The topological polar surface area (TPSA) is 192 Å². The average Bonchev–Trinajstić information content (AvgIpc) is 3.63. The van der Waals surface area contributed by atoms with Gasteiger partial charge >= 0.3 is 17.8 Å². The number of halogens is 4. The van der Waals surface area contributed by atoms with Gasteiger partial charge in [0.05, 0.1) is 23.5 Å². The van der Waals surface area contributed by atoms with Crippen molar-refractivity contribution in [2.45, 2.75) is 25.2 Å². The van der Waals surface area contributed by atoms with Crippen LogP contribution in [0.4, 0.5) is 30.2 Å². The third kappa shape index (κ3) is 8.58. The fraction of sp³-hybridized carbons (Fsp3) is 0.226. The number of tetrazole rings is 1. The Balaban J connectivity index is 1.32. The summed E-state index contributed by atoms with van der Waals surface area (Å²) in [6.07, 6.45) is -4.69.